The van der Waals surface area contributed by atoms with E-state index in [1.165, 1.54) is 28.5 Å². The Kier molecular flexibility index (Phi) is 6.02. The number of carbonyl (C=O) groups excluding carboxylic acids is 1. The highest BCUT2D eigenvalue weighted by Gasteiger charge is 2.27. The number of ether oxygens (including phenoxy) is 1. The maximum absolute atomic E-state index is 13.1. The summed E-state index contributed by atoms with van der Waals surface area (Å²) in [6.07, 6.45) is 1.65. The Morgan fingerprint density at radius 3 is 2.41 bits per heavy atom. The van der Waals surface area contributed by atoms with Crippen LogP contribution in [0.25, 0.3) is 10.8 Å². The zero-order chi connectivity index (χ0) is 20.2. The topological polar surface area (TPSA) is 29.5 Å². The minimum Gasteiger partial charge on any atom is -0.375 e. The highest BCUT2D eigenvalue weighted by atomic mass is 19.1. The van der Waals surface area contributed by atoms with Crippen LogP contribution < -0.4 is 0 Å². The molecule has 0 aromatic heterocycles. The van der Waals surface area contributed by atoms with Gasteiger partial charge >= 0.3 is 0 Å². The molecule has 0 spiro atoms. The van der Waals surface area contributed by atoms with E-state index in [1.807, 2.05) is 6.07 Å². The molecule has 150 valence electrons. The van der Waals surface area contributed by atoms with E-state index in [1.54, 1.807) is 19.2 Å². The van der Waals surface area contributed by atoms with Crippen molar-refractivity contribution < 1.29 is 13.9 Å². The number of likely N-dealkylation sites (tertiary alicyclic amines) is 1. The number of piperidine rings is 1. The molecule has 4 rings (SSSR count). The maximum Gasteiger partial charge on any atom is 0.166 e. The van der Waals surface area contributed by atoms with Crippen molar-refractivity contribution >= 4 is 16.6 Å². The third-order valence-corrected chi connectivity index (χ3v) is 5.94. The SMILES string of the molecule is CO[C@H](CN1CCC(C(=O)c2ccc(F)cc2)CC1)c1ccc2ccccc2c1. The van der Waals surface area contributed by atoms with Crippen molar-refractivity contribution in [2.24, 2.45) is 5.92 Å². The van der Waals surface area contributed by atoms with Crippen LogP contribution in [-0.2, 0) is 4.74 Å². The number of methoxy groups -OCH3 is 1. The Bertz CT molecular complexity index is 978. The summed E-state index contributed by atoms with van der Waals surface area (Å²) in [4.78, 5) is 15.0. The van der Waals surface area contributed by atoms with Crippen molar-refractivity contribution in [1.82, 2.24) is 4.90 Å². The van der Waals surface area contributed by atoms with Gasteiger partial charge in [-0.1, -0.05) is 36.4 Å². The van der Waals surface area contributed by atoms with Gasteiger partial charge in [0.1, 0.15) is 5.82 Å². The van der Waals surface area contributed by atoms with Gasteiger partial charge in [0, 0.05) is 25.1 Å². The molecule has 0 aliphatic carbocycles. The van der Waals surface area contributed by atoms with Crippen LogP contribution in [0.3, 0.4) is 0 Å². The molecule has 0 amide bonds. The summed E-state index contributed by atoms with van der Waals surface area (Å²) in [6, 6.07) is 20.7. The second-order valence-electron chi connectivity index (χ2n) is 7.78. The summed E-state index contributed by atoms with van der Waals surface area (Å²) in [5, 5.41) is 2.45. The summed E-state index contributed by atoms with van der Waals surface area (Å²) in [5.74, 6) is -0.170. The minimum atomic E-state index is -0.310. The van der Waals surface area contributed by atoms with Crippen LogP contribution in [0, 0.1) is 11.7 Å². The molecule has 1 aliphatic heterocycles. The number of hydrogen-bond acceptors (Lipinski definition) is 3. The second kappa shape index (κ2) is 8.85. The van der Waals surface area contributed by atoms with Gasteiger partial charge in [-0.2, -0.15) is 0 Å². The monoisotopic (exact) mass is 391 g/mol. The Labute approximate surface area is 171 Å². The highest BCUT2D eigenvalue weighted by molar-refractivity contribution is 5.97. The number of nitrogens with zero attached hydrogens (tertiary/aromatic N) is 1. The molecule has 29 heavy (non-hydrogen) atoms. The van der Waals surface area contributed by atoms with Crippen molar-refractivity contribution in [3.63, 3.8) is 0 Å². The summed E-state index contributed by atoms with van der Waals surface area (Å²) < 4.78 is 18.9. The van der Waals surface area contributed by atoms with Crippen LogP contribution in [0.2, 0.25) is 0 Å². The molecule has 0 unspecified atom stereocenters. The molecule has 0 saturated carbocycles. The third kappa shape index (κ3) is 4.55. The van der Waals surface area contributed by atoms with Gasteiger partial charge in [-0.05, 0) is 72.6 Å². The van der Waals surface area contributed by atoms with Gasteiger partial charge in [0.15, 0.2) is 5.78 Å². The van der Waals surface area contributed by atoms with Crippen LogP contribution in [0.5, 0.6) is 0 Å². The van der Waals surface area contributed by atoms with Crippen molar-refractivity contribution in [3.8, 4) is 0 Å². The molecule has 3 aromatic rings. The summed E-state index contributed by atoms with van der Waals surface area (Å²) >= 11 is 0. The van der Waals surface area contributed by atoms with E-state index in [-0.39, 0.29) is 23.6 Å². The fourth-order valence-electron chi connectivity index (χ4n) is 4.19. The number of rotatable bonds is 6. The zero-order valence-corrected chi connectivity index (χ0v) is 16.7. The van der Waals surface area contributed by atoms with E-state index in [2.05, 4.69) is 41.3 Å². The number of halogens is 1. The Balaban J connectivity index is 1.37. The molecular formula is C25H26FNO2. The predicted molar refractivity (Wildman–Crippen MR) is 114 cm³/mol. The van der Waals surface area contributed by atoms with E-state index in [0.29, 0.717) is 5.56 Å². The van der Waals surface area contributed by atoms with Crippen LogP contribution in [0.15, 0.2) is 66.7 Å². The van der Waals surface area contributed by atoms with Gasteiger partial charge in [0.25, 0.3) is 0 Å². The highest BCUT2D eigenvalue weighted by Crippen LogP contribution is 2.27. The van der Waals surface area contributed by atoms with Gasteiger partial charge < -0.3 is 9.64 Å². The smallest absolute Gasteiger partial charge is 0.166 e. The van der Waals surface area contributed by atoms with Gasteiger partial charge in [-0.3, -0.25) is 4.79 Å². The van der Waals surface area contributed by atoms with Crippen LogP contribution in [0.1, 0.15) is 34.9 Å². The van der Waals surface area contributed by atoms with Crippen molar-refractivity contribution in [1.29, 1.82) is 0 Å². The molecule has 4 heteroatoms. The van der Waals surface area contributed by atoms with Crippen molar-refractivity contribution in [3.05, 3.63) is 83.7 Å². The fourth-order valence-corrected chi connectivity index (χ4v) is 4.19. The summed E-state index contributed by atoms with van der Waals surface area (Å²) in [7, 11) is 1.75. The van der Waals surface area contributed by atoms with E-state index >= 15 is 0 Å². The molecule has 1 fully saturated rings. The molecule has 3 nitrogen and oxygen atoms in total. The largest absolute Gasteiger partial charge is 0.375 e. The number of ketones is 1. The first kappa shape index (κ1) is 19.7. The predicted octanol–water partition coefficient (Wildman–Crippen LogP) is 5.26. The number of fused-ring (bicyclic) bond motifs is 1. The lowest BCUT2D eigenvalue weighted by molar-refractivity contribution is 0.0486. The molecule has 1 aliphatic rings. The standard InChI is InChI=1S/C25H26FNO2/c1-29-24(22-7-6-18-4-2-3-5-21(18)16-22)17-27-14-12-20(13-15-27)25(28)19-8-10-23(26)11-9-19/h2-11,16,20,24H,12-15,17H2,1H3/t24-/m1/s1. The van der Waals surface area contributed by atoms with E-state index in [0.717, 1.165) is 32.5 Å². The first-order chi connectivity index (χ1) is 14.1. The van der Waals surface area contributed by atoms with Gasteiger partial charge in [-0.25, -0.2) is 4.39 Å². The van der Waals surface area contributed by atoms with E-state index in [4.69, 9.17) is 4.74 Å². The molecule has 0 radical (unpaired) electrons. The average Bonchev–Trinajstić information content (AvgIpc) is 2.77. The quantitative estimate of drug-likeness (QED) is 0.537. The lowest BCUT2D eigenvalue weighted by atomic mass is 9.88. The molecule has 3 aromatic carbocycles. The fraction of sp³-hybridized carbons (Fsp3) is 0.320. The lowest BCUT2D eigenvalue weighted by Crippen LogP contribution is -2.39. The van der Waals surface area contributed by atoms with Gasteiger partial charge in [-0.15, -0.1) is 0 Å². The van der Waals surface area contributed by atoms with Crippen molar-refractivity contribution in [2.45, 2.75) is 18.9 Å². The number of carbonyl (C=O) groups is 1. The molecule has 1 heterocycles. The summed E-state index contributed by atoms with van der Waals surface area (Å²) in [5.41, 5.74) is 1.78. The number of benzene rings is 3. The Morgan fingerprint density at radius 2 is 1.72 bits per heavy atom. The minimum absolute atomic E-state index is 0.00366. The van der Waals surface area contributed by atoms with Crippen LogP contribution in [-0.4, -0.2) is 37.4 Å². The van der Waals surface area contributed by atoms with Gasteiger partial charge in [0.05, 0.1) is 6.10 Å². The maximum atomic E-state index is 13.1. The molecule has 1 saturated heterocycles. The number of hydrogen-bond donors (Lipinski definition) is 0. The van der Waals surface area contributed by atoms with Crippen LogP contribution in [0.4, 0.5) is 4.39 Å². The second-order valence-corrected chi connectivity index (χ2v) is 7.78. The lowest BCUT2D eigenvalue weighted by Gasteiger charge is -2.33. The summed E-state index contributed by atoms with van der Waals surface area (Å²) in [6.45, 7) is 2.54. The number of Topliss-reactive ketones (excluding diaryl/α,β-unsaturated/α-hetero) is 1. The Hall–Kier alpha value is -2.56. The van der Waals surface area contributed by atoms with Gasteiger partial charge in [0.2, 0.25) is 0 Å². The average molecular weight is 391 g/mol. The third-order valence-electron chi connectivity index (χ3n) is 5.94. The van der Waals surface area contributed by atoms with Crippen LogP contribution >= 0.6 is 0 Å². The van der Waals surface area contributed by atoms with Crippen molar-refractivity contribution in [2.75, 3.05) is 26.7 Å². The molecule has 0 bridgehead atoms. The van der Waals surface area contributed by atoms with E-state index < -0.39 is 0 Å². The zero-order valence-electron chi connectivity index (χ0n) is 16.7. The normalized spacial score (nSPS) is 16.8. The first-order valence-corrected chi connectivity index (χ1v) is 10.2. The van der Waals surface area contributed by atoms with E-state index in [9.17, 15) is 9.18 Å². The Morgan fingerprint density at radius 1 is 1.03 bits per heavy atom. The molecular weight excluding hydrogens is 365 g/mol. The molecule has 0 N–H and O–H groups in total. The molecule has 1 atom stereocenters. The first-order valence-electron chi connectivity index (χ1n) is 10.2.